The second-order valence-corrected chi connectivity index (χ2v) is 5.17. The van der Waals surface area contributed by atoms with Crippen molar-refractivity contribution in [2.75, 3.05) is 5.32 Å². The zero-order valence-corrected chi connectivity index (χ0v) is 11.1. The fraction of sp³-hybridized carbons (Fsp3) is 0.267. The molecule has 1 fully saturated rings. The summed E-state index contributed by atoms with van der Waals surface area (Å²) in [5.74, 6) is 0.817. The minimum Gasteiger partial charge on any atom is -0.367 e. The predicted octanol–water partition coefficient (Wildman–Crippen LogP) is 3.17. The Morgan fingerprint density at radius 1 is 1.20 bits per heavy atom. The molecule has 5 heteroatoms. The van der Waals surface area contributed by atoms with Crippen molar-refractivity contribution >= 4 is 16.9 Å². The van der Waals surface area contributed by atoms with E-state index in [2.05, 4.69) is 33.4 Å². The Morgan fingerprint density at radius 3 is 2.85 bits per heavy atom. The molecule has 0 unspecified atom stereocenters. The highest BCUT2D eigenvalue weighted by Crippen LogP contribution is 2.34. The molecule has 5 nitrogen and oxygen atoms in total. The number of rotatable bonds is 3. The average Bonchev–Trinajstić information content (AvgIpc) is 3.16. The van der Waals surface area contributed by atoms with Crippen molar-refractivity contribution in [2.24, 2.45) is 0 Å². The SMILES string of the molecule is Cc1ccccc1-c1noc2ncnc(NC3CC3)c12. The summed E-state index contributed by atoms with van der Waals surface area (Å²) in [6.45, 7) is 2.06. The fourth-order valence-corrected chi connectivity index (χ4v) is 2.34. The first-order valence-electron chi connectivity index (χ1n) is 6.76. The fourth-order valence-electron chi connectivity index (χ4n) is 2.34. The topological polar surface area (TPSA) is 63.8 Å². The van der Waals surface area contributed by atoms with Crippen molar-refractivity contribution in [1.82, 2.24) is 15.1 Å². The Balaban J connectivity index is 1.93. The van der Waals surface area contributed by atoms with Gasteiger partial charge in [0.15, 0.2) is 0 Å². The van der Waals surface area contributed by atoms with Gasteiger partial charge in [-0.25, -0.2) is 4.98 Å². The predicted molar refractivity (Wildman–Crippen MR) is 76.4 cm³/mol. The summed E-state index contributed by atoms with van der Waals surface area (Å²) in [7, 11) is 0. The number of hydrogen-bond donors (Lipinski definition) is 1. The number of aromatic nitrogens is 3. The van der Waals surface area contributed by atoms with Crippen molar-refractivity contribution < 1.29 is 4.52 Å². The molecular weight excluding hydrogens is 252 g/mol. The highest BCUT2D eigenvalue weighted by atomic mass is 16.5. The molecule has 1 aromatic carbocycles. The number of nitrogens with zero attached hydrogens (tertiary/aromatic N) is 3. The zero-order valence-electron chi connectivity index (χ0n) is 11.1. The van der Waals surface area contributed by atoms with Crippen LogP contribution in [0.3, 0.4) is 0 Å². The van der Waals surface area contributed by atoms with E-state index < -0.39 is 0 Å². The molecule has 0 saturated heterocycles. The van der Waals surface area contributed by atoms with Gasteiger partial charge >= 0.3 is 0 Å². The zero-order chi connectivity index (χ0) is 13.5. The van der Waals surface area contributed by atoms with Crippen LogP contribution in [0.4, 0.5) is 5.82 Å². The molecule has 0 spiro atoms. The molecule has 3 aromatic rings. The van der Waals surface area contributed by atoms with Gasteiger partial charge in [-0.15, -0.1) is 0 Å². The molecular formula is C15H14N4O. The molecule has 0 atom stereocenters. The second-order valence-electron chi connectivity index (χ2n) is 5.17. The third kappa shape index (κ3) is 1.82. The van der Waals surface area contributed by atoms with E-state index in [0.29, 0.717) is 11.8 Å². The Morgan fingerprint density at radius 2 is 2.05 bits per heavy atom. The van der Waals surface area contributed by atoms with Gasteiger partial charge in [0.1, 0.15) is 23.2 Å². The maximum absolute atomic E-state index is 5.36. The summed E-state index contributed by atoms with van der Waals surface area (Å²) in [6.07, 6.45) is 3.90. The lowest BCUT2D eigenvalue weighted by molar-refractivity contribution is 0.451. The van der Waals surface area contributed by atoms with Gasteiger partial charge in [0.2, 0.25) is 0 Å². The molecule has 1 aliphatic carbocycles. The Labute approximate surface area is 116 Å². The lowest BCUT2D eigenvalue weighted by Gasteiger charge is -2.06. The number of anilines is 1. The molecule has 2 heterocycles. The lowest BCUT2D eigenvalue weighted by atomic mass is 10.0. The number of nitrogens with one attached hydrogen (secondary N) is 1. The van der Waals surface area contributed by atoms with E-state index in [1.54, 1.807) is 0 Å². The monoisotopic (exact) mass is 266 g/mol. The summed E-state index contributed by atoms with van der Waals surface area (Å²) in [5, 5.41) is 8.49. The third-order valence-corrected chi connectivity index (χ3v) is 3.59. The maximum Gasteiger partial charge on any atom is 0.263 e. The van der Waals surface area contributed by atoms with Gasteiger partial charge in [-0.05, 0) is 25.3 Å². The van der Waals surface area contributed by atoms with Crippen molar-refractivity contribution in [1.29, 1.82) is 0 Å². The summed E-state index contributed by atoms with van der Waals surface area (Å²) in [4.78, 5) is 8.52. The van der Waals surface area contributed by atoms with Gasteiger partial charge in [0.25, 0.3) is 5.71 Å². The lowest BCUT2D eigenvalue weighted by Crippen LogP contribution is -2.03. The molecule has 0 aliphatic heterocycles. The van der Waals surface area contributed by atoms with Crippen LogP contribution in [0.15, 0.2) is 35.1 Å². The van der Waals surface area contributed by atoms with Crippen molar-refractivity contribution in [3.8, 4) is 11.3 Å². The van der Waals surface area contributed by atoms with E-state index in [1.807, 2.05) is 18.2 Å². The van der Waals surface area contributed by atoms with E-state index in [1.165, 1.54) is 19.2 Å². The van der Waals surface area contributed by atoms with E-state index in [-0.39, 0.29) is 0 Å². The van der Waals surface area contributed by atoms with Crippen molar-refractivity contribution in [3.63, 3.8) is 0 Å². The second kappa shape index (κ2) is 4.30. The molecule has 1 N–H and O–H groups in total. The summed E-state index contributed by atoms with van der Waals surface area (Å²) in [5.41, 5.74) is 3.55. The van der Waals surface area contributed by atoms with Crippen LogP contribution in [0, 0.1) is 6.92 Å². The molecule has 0 radical (unpaired) electrons. The first-order valence-corrected chi connectivity index (χ1v) is 6.76. The van der Waals surface area contributed by atoms with E-state index in [0.717, 1.165) is 28.0 Å². The smallest absolute Gasteiger partial charge is 0.263 e. The van der Waals surface area contributed by atoms with Crippen LogP contribution in [0.1, 0.15) is 18.4 Å². The first-order chi connectivity index (χ1) is 9.83. The quantitative estimate of drug-likeness (QED) is 0.788. The van der Waals surface area contributed by atoms with Crippen LogP contribution in [0.2, 0.25) is 0 Å². The van der Waals surface area contributed by atoms with E-state index in [4.69, 9.17) is 4.52 Å². The number of fused-ring (bicyclic) bond motifs is 1. The van der Waals surface area contributed by atoms with Crippen LogP contribution >= 0.6 is 0 Å². The van der Waals surface area contributed by atoms with Gasteiger partial charge in [-0.3, -0.25) is 0 Å². The molecule has 0 amide bonds. The van der Waals surface area contributed by atoms with Gasteiger partial charge in [-0.1, -0.05) is 29.4 Å². The van der Waals surface area contributed by atoms with Gasteiger partial charge < -0.3 is 9.84 Å². The summed E-state index contributed by atoms with van der Waals surface area (Å²) in [6, 6.07) is 8.64. The Hall–Kier alpha value is -2.43. The molecule has 4 rings (SSSR count). The maximum atomic E-state index is 5.36. The number of aryl methyl sites for hydroxylation is 1. The van der Waals surface area contributed by atoms with Crippen LogP contribution in [0.5, 0.6) is 0 Å². The van der Waals surface area contributed by atoms with Crippen LogP contribution < -0.4 is 5.32 Å². The van der Waals surface area contributed by atoms with Gasteiger partial charge in [-0.2, -0.15) is 4.98 Å². The van der Waals surface area contributed by atoms with Crippen LogP contribution in [0.25, 0.3) is 22.4 Å². The number of hydrogen-bond acceptors (Lipinski definition) is 5. The average molecular weight is 266 g/mol. The van der Waals surface area contributed by atoms with Crippen LogP contribution in [-0.4, -0.2) is 21.2 Å². The Bertz CT molecular complexity index is 776. The Kier molecular flexibility index (Phi) is 2.45. The normalized spacial score (nSPS) is 14.7. The highest BCUT2D eigenvalue weighted by molar-refractivity contribution is 5.98. The molecule has 1 saturated carbocycles. The minimum absolute atomic E-state index is 0.521. The van der Waals surface area contributed by atoms with Gasteiger partial charge in [0, 0.05) is 11.6 Å². The van der Waals surface area contributed by atoms with E-state index >= 15 is 0 Å². The number of benzene rings is 1. The molecule has 2 aromatic heterocycles. The molecule has 0 bridgehead atoms. The first kappa shape index (κ1) is 11.4. The molecule has 20 heavy (non-hydrogen) atoms. The molecule has 1 aliphatic rings. The standard InChI is InChI=1S/C15H14N4O/c1-9-4-2-3-5-11(9)13-12-14(18-10-6-7-10)16-8-17-15(12)20-19-13/h2-5,8,10H,6-7H2,1H3,(H,16,17,18). The highest BCUT2D eigenvalue weighted by Gasteiger charge is 2.25. The van der Waals surface area contributed by atoms with Gasteiger partial charge in [0.05, 0.1) is 0 Å². The van der Waals surface area contributed by atoms with E-state index in [9.17, 15) is 0 Å². The third-order valence-electron chi connectivity index (χ3n) is 3.59. The molecule has 100 valence electrons. The van der Waals surface area contributed by atoms with Crippen molar-refractivity contribution in [2.45, 2.75) is 25.8 Å². The van der Waals surface area contributed by atoms with Crippen molar-refractivity contribution in [3.05, 3.63) is 36.2 Å². The largest absolute Gasteiger partial charge is 0.367 e. The summed E-state index contributed by atoms with van der Waals surface area (Å²) >= 11 is 0. The summed E-state index contributed by atoms with van der Waals surface area (Å²) < 4.78 is 5.36. The minimum atomic E-state index is 0.521. The van der Waals surface area contributed by atoms with Crippen LogP contribution in [-0.2, 0) is 0 Å².